The molecule has 1 aliphatic carbocycles. The molecule has 1 saturated carbocycles. The Labute approximate surface area is 162 Å². The van der Waals surface area contributed by atoms with E-state index in [1.165, 1.54) is 31.2 Å². The van der Waals surface area contributed by atoms with E-state index in [0.717, 1.165) is 23.8 Å². The van der Waals surface area contributed by atoms with Gasteiger partial charge in [0.2, 0.25) is 0 Å². The Bertz CT molecular complexity index is 517. The molecular weight excluding hydrogens is 417 g/mol. The Balaban J connectivity index is 0.00000288. The number of hydrogen-bond acceptors (Lipinski definition) is 3. The lowest BCUT2D eigenvalue weighted by Gasteiger charge is -2.18. The number of aliphatic imine (C=N–C) groups is 1. The monoisotopic (exact) mass is 447 g/mol. The van der Waals surface area contributed by atoms with Gasteiger partial charge in [0, 0.05) is 32.8 Å². The maximum Gasteiger partial charge on any atom is 0.191 e. The van der Waals surface area contributed by atoms with Crippen molar-refractivity contribution in [3.8, 4) is 5.75 Å². The van der Waals surface area contributed by atoms with Crippen molar-refractivity contribution in [3.63, 3.8) is 0 Å². The molecule has 0 amide bonds. The molecule has 1 aromatic carbocycles. The van der Waals surface area contributed by atoms with Crippen molar-refractivity contribution in [3.05, 3.63) is 29.3 Å². The third kappa shape index (κ3) is 6.84. The van der Waals surface area contributed by atoms with Gasteiger partial charge in [0.25, 0.3) is 0 Å². The second kappa shape index (κ2) is 11.5. The van der Waals surface area contributed by atoms with Gasteiger partial charge in [-0.25, -0.2) is 0 Å². The van der Waals surface area contributed by atoms with Gasteiger partial charge in [-0.1, -0.05) is 12.1 Å². The topological polar surface area (TPSA) is 54.9 Å². The van der Waals surface area contributed by atoms with Gasteiger partial charge in [-0.3, -0.25) is 4.99 Å². The summed E-state index contributed by atoms with van der Waals surface area (Å²) in [5, 5.41) is 6.55. The lowest BCUT2D eigenvalue weighted by atomic mass is 10.1. The zero-order valence-corrected chi connectivity index (χ0v) is 17.3. The fourth-order valence-electron chi connectivity index (χ4n) is 2.77. The third-order valence-electron chi connectivity index (χ3n) is 4.09. The molecule has 0 bridgehead atoms. The summed E-state index contributed by atoms with van der Waals surface area (Å²) in [5.41, 5.74) is 2.39. The van der Waals surface area contributed by atoms with Crippen LogP contribution >= 0.6 is 24.0 Å². The highest BCUT2D eigenvalue weighted by molar-refractivity contribution is 14.0. The fraction of sp³-hybridized carbons (Fsp3) is 0.611. The van der Waals surface area contributed by atoms with E-state index in [9.17, 15) is 0 Å². The number of hydrogen-bond donors (Lipinski definition) is 2. The average Bonchev–Trinajstić information content (AvgIpc) is 3.05. The second-order valence-electron chi connectivity index (χ2n) is 5.98. The van der Waals surface area contributed by atoms with E-state index in [2.05, 4.69) is 40.7 Å². The van der Waals surface area contributed by atoms with Crippen molar-refractivity contribution in [1.82, 2.24) is 10.6 Å². The zero-order chi connectivity index (χ0) is 16.5. The lowest BCUT2D eigenvalue weighted by molar-refractivity contribution is 0.203. The zero-order valence-electron chi connectivity index (χ0n) is 14.9. The smallest absolute Gasteiger partial charge is 0.191 e. The van der Waals surface area contributed by atoms with Gasteiger partial charge in [0.15, 0.2) is 5.96 Å². The molecule has 0 heterocycles. The summed E-state index contributed by atoms with van der Waals surface area (Å²) >= 11 is 0. The van der Waals surface area contributed by atoms with E-state index in [1.807, 2.05) is 0 Å². The van der Waals surface area contributed by atoms with Crippen LogP contribution in [0.4, 0.5) is 0 Å². The number of ether oxygens (including phenoxy) is 2. The molecule has 0 unspecified atom stereocenters. The predicted molar refractivity (Wildman–Crippen MR) is 110 cm³/mol. The Hall–Kier alpha value is -1.02. The summed E-state index contributed by atoms with van der Waals surface area (Å²) in [6.07, 6.45) is 5.26. The first kappa shape index (κ1) is 21.0. The number of nitrogens with one attached hydrogen (secondary N) is 2. The van der Waals surface area contributed by atoms with Crippen molar-refractivity contribution in [2.75, 3.05) is 27.3 Å². The summed E-state index contributed by atoms with van der Waals surface area (Å²) in [5.74, 6) is 1.77. The van der Waals surface area contributed by atoms with Crippen LogP contribution in [-0.2, 0) is 11.3 Å². The predicted octanol–water partition coefficient (Wildman–Crippen LogP) is 3.25. The normalized spacial score (nSPS) is 15.0. The average molecular weight is 447 g/mol. The van der Waals surface area contributed by atoms with Crippen LogP contribution in [0.2, 0.25) is 0 Å². The van der Waals surface area contributed by atoms with E-state index < -0.39 is 0 Å². The van der Waals surface area contributed by atoms with Gasteiger partial charge in [-0.05, 0) is 44.2 Å². The first-order valence-corrected chi connectivity index (χ1v) is 8.42. The number of guanidine groups is 1. The molecule has 0 saturated heterocycles. The van der Waals surface area contributed by atoms with Crippen LogP contribution in [-0.4, -0.2) is 39.4 Å². The Morgan fingerprint density at radius 1 is 1.25 bits per heavy atom. The standard InChI is InChI=1S/C18H29N3O2.HI/c1-14-8-9-15(13-21-18(19-2)20-10-11-22-3)17(12-14)23-16-6-4-5-7-16;/h8-9,12,16H,4-7,10-11,13H2,1-3H3,(H2,19,20,21);1H. The largest absolute Gasteiger partial charge is 0.490 e. The van der Waals surface area contributed by atoms with Crippen LogP contribution in [0.5, 0.6) is 5.75 Å². The number of rotatable bonds is 7. The molecule has 1 aromatic rings. The number of benzene rings is 1. The van der Waals surface area contributed by atoms with E-state index in [4.69, 9.17) is 9.47 Å². The Morgan fingerprint density at radius 2 is 2.00 bits per heavy atom. The molecule has 5 nitrogen and oxygen atoms in total. The number of halogens is 1. The number of aryl methyl sites for hydroxylation is 1. The van der Waals surface area contributed by atoms with E-state index in [0.29, 0.717) is 19.3 Å². The molecule has 0 spiro atoms. The van der Waals surface area contributed by atoms with E-state index in [1.54, 1.807) is 14.2 Å². The fourth-order valence-corrected chi connectivity index (χ4v) is 2.77. The maximum absolute atomic E-state index is 6.23. The molecule has 0 atom stereocenters. The molecule has 1 aliphatic rings. The minimum absolute atomic E-state index is 0. The molecule has 0 radical (unpaired) electrons. The van der Waals surface area contributed by atoms with Crippen LogP contribution < -0.4 is 15.4 Å². The molecule has 24 heavy (non-hydrogen) atoms. The molecular formula is C18H30IN3O2. The summed E-state index contributed by atoms with van der Waals surface area (Å²) in [7, 11) is 3.46. The summed E-state index contributed by atoms with van der Waals surface area (Å²) in [6.45, 7) is 4.18. The minimum atomic E-state index is 0. The molecule has 136 valence electrons. The SMILES string of the molecule is CN=C(NCCOC)NCc1ccc(C)cc1OC1CCCC1.I. The first-order chi connectivity index (χ1) is 11.2. The molecule has 2 rings (SSSR count). The van der Waals surface area contributed by atoms with Gasteiger partial charge in [-0.2, -0.15) is 0 Å². The number of nitrogens with zero attached hydrogens (tertiary/aromatic N) is 1. The molecule has 2 N–H and O–H groups in total. The van der Waals surface area contributed by atoms with Crippen molar-refractivity contribution >= 4 is 29.9 Å². The molecule has 1 fully saturated rings. The summed E-state index contributed by atoms with van der Waals surface area (Å²) in [4.78, 5) is 4.22. The lowest BCUT2D eigenvalue weighted by Crippen LogP contribution is -2.38. The first-order valence-electron chi connectivity index (χ1n) is 8.42. The van der Waals surface area contributed by atoms with Crippen molar-refractivity contribution in [2.24, 2.45) is 4.99 Å². The molecule has 0 aliphatic heterocycles. The van der Waals surface area contributed by atoms with Gasteiger partial charge in [0.1, 0.15) is 5.75 Å². The van der Waals surface area contributed by atoms with Crippen LogP contribution in [0.25, 0.3) is 0 Å². The summed E-state index contributed by atoms with van der Waals surface area (Å²) in [6, 6.07) is 6.39. The highest BCUT2D eigenvalue weighted by Crippen LogP contribution is 2.27. The Kier molecular flexibility index (Phi) is 10.1. The van der Waals surface area contributed by atoms with Crippen molar-refractivity contribution in [1.29, 1.82) is 0 Å². The third-order valence-corrected chi connectivity index (χ3v) is 4.09. The number of methoxy groups -OCH3 is 1. The van der Waals surface area contributed by atoms with Crippen molar-refractivity contribution < 1.29 is 9.47 Å². The Morgan fingerprint density at radius 3 is 2.67 bits per heavy atom. The van der Waals surface area contributed by atoms with Gasteiger partial charge in [0.05, 0.1) is 12.7 Å². The second-order valence-corrected chi connectivity index (χ2v) is 5.98. The molecule has 6 heteroatoms. The quantitative estimate of drug-likeness (QED) is 0.292. The van der Waals surface area contributed by atoms with E-state index in [-0.39, 0.29) is 24.0 Å². The highest BCUT2D eigenvalue weighted by Gasteiger charge is 2.18. The summed E-state index contributed by atoms with van der Waals surface area (Å²) < 4.78 is 11.3. The maximum atomic E-state index is 6.23. The highest BCUT2D eigenvalue weighted by atomic mass is 127. The van der Waals surface area contributed by atoms with E-state index >= 15 is 0 Å². The van der Waals surface area contributed by atoms with Crippen LogP contribution in [0.1, 0.15) is 36.8 Å². The van der Waals surface area contributed by atoms with Crippen LogP contribution in [0.15, 0.2) is 23.2 Å². The van der Waals surface area contributed by atoms with Gasteiger partial charge >= 0.3 is 0 Å². The van der Waals surface area contributed by atoms with Gasteiger partial charge < -0.3 is 20.1 Å². The minimum Gasteiger partial charge on any atom is -0.490 e. The molecule has 0 aromatic heterocycles. The van der Waals surface area contributed by atoms with Gasteiger partial charge in [-0.15, -0.1) is 24.0 Å². The van der Waals surface area contributed by atoms with Crippen molar-refractivity contribution in [2.45, 2.75) is 45.3 Å². The van der Waals surface area contributed by atoms with Crippen LogP contribution in [0, 0.1) is 6.92 Å². The van der Waals surface area contributed by atoms with Crippen LogP contribution in [0.3, 0.4) is 0 Å².